The van der Waals surface area contributed by atoms with E-state index in [1.807, 2.05) is 14.1 Å². The molecule has 0 aromatic rings. The summed E-state index contributed by atoms with van der Waals surface area (Å²) in [5, 5.41) is 3.34. The third kappa shape index (κ3) is 33.9. The molecule has 0 saturated heterocycles. The lowest BCUT2D eigenvalue weighted by molar-refractivity contribution is -0.128. The minimum atomic E-state index is 0.276. The van der Waals surface area contributed by atoms with Gasteiger partial charge in [0.2, 0.25) is 5.91 Å². The van der Waals surface area contributed by atoms with E-state index < -0.39 is 0 Å². The van der Waals surface area contributed by atoms with Crippen LogP contribution in [0.5, 0.6) is 0 Å². The number of hydrogen-bond acceptors (Lipinski definition) is 6. The summed E-state index contributed by atoms with van der Waals surface area (Å²) in [5.74, 6) is 6.67. The van der Waals surface area contributed by atoms with Gasteiger partial charge in [0.25, 0.3) is 0 Å². The molecule has 0 aliphatic rings. The Morgan fingerprint density at radius 2 is 0.878 bits per heavy atom. The van der Waals surface area contributed by atoms with Crippen molar-refractivity contribution in [3.05, 3.63) is 0 Å². The van der Waals surface area contributed by atoms with Gasteiger partial charge in [0.05, 0.1) is 0 Å². The Hall–Kier alpha value is 1.22. The number of thioether (sulfide) groups is 5. The molecule has 2 nitrogen and oxygen atoms in total. The van der Waals surface area contributed by atoms with Crippen molar-refractivity contribution in [3.63, 3.8) is 0 Å². The van der Waals surface area contributed by atoms with Gasteiger partial charge in [0, 0.05) is 41.7 Å². The lowest BCUT2D eigenvalue weighted by atomic mass is 10.0. The Morgan fingerprint density at radius 3 is 1.27 bits per heavy atom. The number of amides is 1. The number of carbonyl (C=O) groups excluding carboxylic acids is 1. The van der Waals surface area contributed by atoms with Crippen molar-refractivity contribution in [1.29, 1.82) is 0 Å². The summed E-state index contributed by atoms with van der Waals surface area (Å²) >= 11 is 10.6. The standard InChI is InChI=1S/C34H69NOS5/c1-5-7-19-26-37-31-39-28-21-15-11-9-13-17-23-33(41-30-25-34(36)35(3)4)24-18-14-10-12-16-22-29-40-32-38-27-20-8-6-2/h33H,5-32H2,1-4H3. The first-order valence-electron chi connectivity index (χ1n) is 17.2. The number of unbranched alkanes of at least 4 members (excludes halogenated alkanes) is 14. The summed E-state index contributed by atoms with van der Waals surface area (Å²) in [6, 6.07) is 0. The van der Waals surface area contributed by atoms with E-state index in [1.54, 1.807) is 4.90 Å². The molecule has 0 fully saturated rings. The van der Waals surface area contributed by atoms with Gasteiger partial charge < -0.3 is 4.90 Å². The summed E-state index contributed by atoms with van der Waals surface area (Å²) < 4.78 is 0. The lowest BCUT2D eigenvalue weighted by Crippen LogP contribution is -2.22. The number of nitrogens with zero attached hydrogens (tertiary/aromatic N) is 1. The number of carbonyl (C=O) groups is 1. The van der Waals surface area contributed by atoms with Crippen LogP contribution in [0.2, 0.25) is 0 Å². The molecule has 7 heteroatoms. The van der Waals surface area contributed by atoms with Crippen LogP contribution in [0.15, 0.2) is 0 Å². The first-order valence-corrected chi connectivity index (χ1v) is 22.9. The fraction of sp³-hybridized carbons (Fsp3) is 0.971. The minimum Gasteiger partial charge on any atom is -0.349 e. The summed E-state index contributed by atoms with van der Waals surface area (Å²) in [6.07, 6.45) is 28.4. The van der Waals surface area contributed by atoms with Crippen LogP contribution in [0.3, 0.4) is 0 Å². The first-order chi connectivity index (χ1) is 20.1. The molecule has 1 amide bonds. The van der Waals surface area contributed by atoms with Gasteiger partial charge in [-0.2, -0.15) is 58.8 Å². The van der Waals surface area contributed by atoms with Crippen molar-refractivity contribution >= 4 is 64.7 Å². The second-order valence-corrected chi connectivity index (χ2v) is 18.2. The van der Waals surface area contributed by atoms with E-state index in [4.69, 9.17) is 0 Å². The van der Waals surface area contributed by atoms with Gasteiger partial charge in [-0.1, -0.05) is 104 Å². The lowest BCUT2D eigenvalue weighted by Gasteiger charge is -2.17. The Labute approximate surface area is 279 Å². The molecule has 0 aliphatic carbocycles. The molecule has 0 saturated carbocycles. The quantitative estimate of drug-likeness (QED) is 0.0499. The van der Waals surface area contributed by atoms with Crippen molar-refractivity contribution < 1.29 is 4.79 Å². The van der Waals surface area contributed by atoms with E-state index in [0.29, 0.717) is 6.42 Å². The van der Waals surface area contributed by atoms with E-state index in [1.165, 1.54) is 162 Å². The predicted octanol–water partition coefficient (Wildman–Crippen LogP) is 12.3. The topological polar surface area (TPSA) is 20.3 Å². The van der Waals surface area contributed by atoms with Gasteiger partial charge in [-0.15, -0.1) is 0 Å². The molecule has 0 aromatic carbocycles. The zero-order valence-corrected chi connectivity index (χ0v) is 31.9. The molecule has 246 valence electrons. The highest BCUT2D eigenvalue weighted by molar-refractivity contribution is 8.16. The molecule has 0 heterocycles. The summed E-state index contributed by atoms with van der Waals surface area (Å²) in [7, 11) is 3.76. The van der Waals surface area contributed by atoms with E-state index in [-0.39, 0.29) is 5.91 Å². The monoisotopic (exact) mass is 667 g/mol. The molecule has 0 radical (unpaired) electrons. The first kappa shape index (κ1) is 42.2. The van der Waals surface area contributed by atoms with E-state index in [9.17, 15) is 4.79 Å². The average molecular weight is 668 g/mol. The largest absolute Gasteiger partial charge is 0.349 e. The highest BCUT2D eigenvalue weighted by atomic mass is 32.2. The second kappa shape index (κ2) is 35.7. The average Bonchev–Trinajstić information content (AvgIpc) is 2.96. The third-order valence-electron chi connectivity index (χ3n) is 7.42. The van der Waals surface area contributed by atoms with Gasteiger partial charge in [-0.25, -0.2) is 0 Å². The summed E-state index contributed by atoms with van der Waals surface area (Å²) in [6.45, 7) is 4.57. The Morgan fingerprint density at radius 1 is 0.512 bits per heavy atom. The smallest absolute Gasteiger partial charge is 0.222 e. The van der Waals surface area contributed by atoms with E-state index >= 15 is 0 Å². The van der Waals surface area contributed by atoms with Gasteiger partial charge >= 0.3 is 0 Å². The molecule has 0 bridgehead atoms. The normalized spacial score (nSPS) is 11.5. The van der Waals surface area contributed by atoms with Gasteiger partial charge in [0.1, 0.15) is 0 Å². The molecule has 0 N–H and O–H groups in total. The molecule has 0 rings (SSSR count). The molecule has 0 unspecified atom stereocenters. The fourth-order valence-electron chi connectivity index (χ4n) is 4.68. The van der Waals surface area contributed by atoms with Gasteiger partial charge in [-0.3, -0.25) is 4.79 Å². The minimum absolute atomic E-state index is 0.276. The molecular weight excluding hydrogens is 599 g/mol. The van der Waals surface area contributed by atoms with Crippen molar-refractivity contribution in [1.82, 2.24) is 4.90 Å². The highest BCUT2D eigenvalue weighted by Crippen LogP contribution is 2.26. The number of hydrogen-bond donors (Lipinski definition) is 0. The van der Waals surface area contributed by atoms with Crippen LogP contribution in [0.25, 0.3) is 0 Å². The molecule has 0 aromatic heterocycles. The zero-order chi connectivity index (χ0) is 30.1. The fourth-order valence-corrected chi connectivity index (χ4v) is 10.4. The van der Waals surface area contributed by atoms with Crippen LogP contribution in [-0.2, 0) is 4.79 Å². The van der Waals surface area contributed by atoms with Crippen LogP contribution in [0.1, 0.15) is 149 Å². The number of rotatable bonds is 34. The zero-order valence-electron chi connectivity index (χ0n) is 27.8. The molecule has 41 heavy (non-hydrogen) atoms. The van der Waals surface area contributed by atoms with Crippen molar-refractivity contribution in [2.45, 2.75) is 154 Å². The Kier molecular flexibility index (Phi) is 36.8. The molecule has 0 atom stereocenters. The van der Waals surface area contributed by atoms with Crippen LogP contribution >= 0.6 is 58.8 Å². The van der Waals surface area contributed by atoms with Crippen LogP contribution in [0.4, 0.5) is 0 Å². The maximum atomic E-state index is 12.0. The molecule has 0 aliphatic heterocycles. The molecular formula is C34H69NOS5. The van der Waals surface area contributed by atoms with Gasteiger partial charge in [-0.05, 0) is 61.5 Å². The second-order valence-electron chi connectivity index (χ2n) is 11.6. The maximum absolute atomic E-state index is 12.0. The third-order valence-corrected chi connectivity index (χ3v) is 13.8. The summed E-state index contributed by atoms with van der Waals surface area (Å²) in [4.78, 5) is 13.8. The van der Waals surface area contributed by atoms with Crippen LogP contribution < -0.4 is 0 Å². The summed E-state index contributed by atoms with van der Waals surface area (Å²) in [5.41, 5.74) is 0. The van der Waals surface area contributed by atoms with Crippen LogP contribution in [0, 0.1) is 0 Å². The van der Waals surface area contributed by atoms with Gasteiger partial charge in [0.15, 0.2) is 0 Å². The van der Waals surface area contributed by atoms with E-state index in [2.05, 4.69) is 72.7 Å². The maximum Gasteiger partial charge on any atom is 0.222 e. The Bertz CT molecular complexity index is 491. The van der Waals surface area contributed by atoms with Crippen molar-refractivity contribution in [2.24, 2.45) is 0 Å². The van der Waals surface area contributed by atoms with Crippen LogP contribution in [-0.4, -0.2) is 69.1 Å². The van der Waals surface area contributed by atoms with E-state index in [0.717, 1.165) is 11.0 Å². The SMILES string of the molecule is CCCCCSCSCCCCCCCCC(CCCCCCCCSCSCCCCC)SCCC(=O)N(C)C. The highest BCUT2D eigenvalue weighted by Gasteiger charge is 2.11. The molecule has 0 spiro atoms. The Balaban J connectivity index is 3.81. The predicted molar refractivity (Wildman–Crippen MR) is 203 cm³/mol. The van der Waals surface area contributed by atoms with Crippen molar-refractivity contribution in [3.8, 4) is 0 Å². The van der Waals surface area contributed by atoms with Crippen molar-refractivity contribution in [2.75, 3.05) is 53.0 Å².